The summed E-state index contributed by atoms with van der Waals surface area (Å²) in [5, 5.41) is 7.04. The van der Waals surface area contributed by atoms with Crippen LogP contribution in [0.25, 0.3) is 0 Å². The molecule has 0 amide bonds. The third-order valence-corrected chi connectivity index (χ3v) is 5.65. The Kier molecular flexibility index (Phi) is 4.05. The van der Waals surface area contributed by atoms with Gasteiger partial charge >= 0.3 is 0 Å². The highest BCUT2D eigenvalue weighted by Crippen LogP contribution is 2.49. The number of rotatable bonds is 3. The van der Waals surface area contributed by atoms with Crippen LogP contribution in [0.15, 0.2) is 84.0 Å². The number of ether oxygens (including phenoxy) is 2. The van der Waals surface area contributed by atoms with Crippen LogP contribution in [0.3, 0.4) is 0 Å². The van der Waals surface area contributed by atoms with Crippen molar-refractivity contribution in [3.05, 3.63) is 95.6 Å². The Hall–Kier alpha value is -3.27. The molecule has 2 aliphatic heterocycles. The maximum atomic E-state index is 6.54. The number of hydrazone groups is 1. The van der Waals surface area contributed by atoms with E-state index in [1.54, 1.807) is 7.11 Å². The maximum absolute atomic E-state index is 6.54. The summed E-state index contributed by atoms with van der Waals surface area (Å²) in [7, 11) is 3.74. The predicted molar refractivity (Wildman–Crippen MR) is 110 cm³/mol. The number of fused-ring (bicyclic) bond motifs is 3. The van der Waals surface area contributed by atoms with Crippen molar-refractivity contribution in [2.45, 2.75) is 12.1 Å². The fourth-order valence-electron chi connectivity index (χ4n) is 4.36. The van der Waals surface area contributed by atoms with E-state index in [1.165, 1.54) is 11.1 Å². The Morgan fingerprint density at radius 1 is 0.857 bits per heavy atom. The summed E-state index contributed by atoms with van der Waals surface area (Å²) in [5.41, 5.74) is 4.56. The van der Waals surface area contributed by atoms with Crippen LogP contribution in [0.4, 0.5) is 0 Å². The molecule has 3 unspecified atom stereocenters. The van der Waals surface area contributed by atoms with Gasteiger partial charge < -0.3 is 9.47 Å². The van der Waals surface area contributed by atoms with Gasteiger partial charge in [-0.05, 0) is 35.4 Å². The predicted octanol–water partition coefficient (Wildman–Crippen LogP) is 4.84. The Balaban J connectivity index is 1.63. The van der Waals surface area contributed by atoms with Crippen LogP contribution in [0, 0.1) is 5.92 Å². The average molecular weight is 370 g/mol. The lowest BCUT2D eigenvalue weighted by atomic mass is 9.79. The molecule has 0 saturated carbocycles. The molecule has 2 heterocycles. The summed E-state index contributed by atoms with van der Waals surface area (Å²) in [6, 6.07) is 27.0. The monoisotopic (exact) mass is 370 g/mol. The van der Waals surface area contributed by atoms with Gasteiger partial charge in [0.05, 0.1) is 24.8 Å². The van der Waals surface area contributed by atoms with Gasteiger partial charge in [0.15, 0.2) is 0 Å². The van der Waals surface area contributed by atoms with E-state index in [4.69, 9.17) is 14.6 Å². The molecule has 4 nitrogen and oxygen atoms in total. The lowest BCUT2D eigenvalue weighted by Crippen LogP contribution is -2.35. The van der Waals surface area contributed by atoms with Crippen molar-refractivity contribution in [3.63, 3.8) is 0 Å². The normalized spacial score (nSPS) is 22.7. The molecule has 0 aromatic heterocycles. The number of benzene rings is 3. The third kappa shape index (κ3) is 2.64. The van der Waals surface area contributed by atoms with Crippen molar-refractivity contribution in [2.24, 2.45) is 11.0 Å². The summed E-state index contributed by atoms with van der Waals surface area (Å²) in [5.74, 6) is 1.86. The molecule has 0 fully saturated rings. The second-order valence-electron chi connectivity index (χ2n) is 7.25. The highest BCUT2D eigenvalue weighted by atomic mass is 16.5. The quantitative estimate of drug-likeness (QED) is 0.662. The molecule has 0 spiro atoms. The van der Waals surface area contributed by atoms with E-state index in [9.17, 15) is 0 Å². The van der Waals surface area contributed by atoms with Crippen LogP contribution in [0.5, 0.6) is 11.5 Å². The fraction of sp³-hybridized carbons (Fsp3) is 0.208. The molecule has 140 valence electrons. The van der Waals surface area contributed by atoms with E-state index < -0.39 is 0 Å². The SMILES string of the molecule is COc1ccc(C2C3C(=NN2C)c2ccccc2OC3c2ccccc2)cc1. The standard InChI is InChI=1S/C24H22N2O2/c1-26-23(16-12-14-18(27-2)15-13-16)21-22(25-26)19-10-6-7-11-20(19)28-24(21)17-8-4-3-5-9-17/h3-15,21,23-24H,1-2H3. The van der Waals surface area contributed by atoms with Gasteiger partial charge in [-0.3, -0.25) is 5.01 Å². The van der Waals surface area contributed by atoms with Gasteiger partial charge in [0.1, 0.15) is 17.6 Å². The van der Waals surface area contributed by atoms with E-state index in [-0.39, 0.29) is 18.1 Å². The summed E-state index contributed by atoms with van der Waals surface area (Å²) >= 11 is 0. The molecule has 5 rings (SSSR count). The van der Waals surface area contributed by atoms with Gasteiger partial charge in [-0.15, -0.1) is 0 Å². The van der Waals surface area contributed by atoms with E-state index >= 15 is 0 Å². The van der Waals surface area contributed by atoms with Crippen LogP contribution in [0.2, 0.25) is 0 Å². The first-order valence-corrected chi connectivity index (χ1v) is 9.52. The number of hydrogen-bond donors (Lipinski definition) is 0. The Morgan fingerprint density at radius 2 is 1.57 bits per heavy atom. The Bertz CT molecular complexity index is 1010. The van der Waals surface area contributed by atoms with Crippen LogP contribution >= 0.6 is 0 Å². The number of hydrogen-bond acceptors (Lipinski definition) is 4. The third-order valence-electron chi connectivity index (χ3n) is 5.65. The zero-order valence-electron chi connectivity index (χ0n) is 15.9. The lowest BCUT2D eigenvalue weighted by molar-refractivity contribution is 0.113. The molecular formula is C24H22N2O2. The molecule has 4 heteroatoms. The summed E-state index contributed by atoms with van der Waals surface area (Å²) < 4.78 is 11.9. The molecule has 0 radical (unpaired) electrons. The summed E-state index contributed by atoms with van der Waals surface area (Å²) in [4.78, 5) is 0. The highest BCUT2D eigenvalue weighted by molar-refractivity contribution is 6.07. The van der Waals surface area contributed by atoms with Crippen LogP contribution in [0.1, 0.15) is 28.8 Å². The van der Waals surface area contributed by atoms with E-state index in [1.807, 2.05) is 43.4 Å². The van der Waals surface area contributed by atoms with E-state index in [0.29, 0.717) is 0 Å². The molecule has 0 N–H and O–H groups in total. The fourth-order valence-corrected chi connectivity index (χ4v) is 4.36. The van der Waals surface area contributed by atoms with Gasteiger partial charge in [0, 0.05) is 12.6 Å². The zero-order chi connectivity index (χ0) is 19.1. The van der Waals surface area contributed by atoms with E-state index in [2.05, 4.69) is 47.5 Å². The minimum atomic E-state index is -0.0908. The van der Waals surface area contributed by atoms with Crippen molar-refractivity contribution < 1.29 is 9.47 Å². The average Bonchev–Trinajstić information content (AvgIpc) is 3.11. The van der Waals surface area contributed by atoms with Gasteiger partial charge in [-0.25, -0.2) is 0 Å². The first-order chi connectivity index (χ1) is 13.8. The van der Waals surface area contributed by atoms with Crippen molar-refractivity contribution in [1.29, 1.82) is 0 Å². The second-order valence-corrected chi connectivity index (χ2v) is 7.25. The number of para-hydroxylation sites is 1. The van der Waals surface area contributed by atoms with Crippen LogP contribution < -0.4 is 9.47 Å². The maximum Gasteiger partial charge on any atom is 0.135 e. The van der Waals surface area contributed by atoms with E-state index in [0.717, 1.165) is 22.8 Å². The van der Waals surface area contributed by atoms with Crippen molar-refractivity contribution in [1.82, 2.24) is 5.01 Å². The van der Waals surface area contributed by atoms with Gasteiger partial charge in [0.2, 0.25) is 0 Å². The van der Waals surface area contributed by atoms with Crippen molar-refractivity contribution in [2.75, 3.05) is 14.2 Å². The Labute approximate surface area is 165 Å². The summed E-state index contributed by atoms with van der Waals surface area (Å²) in [6.45, 7) is 0. The molecule has 2 aliphatic rings. The molecule has 3 aromatic rings. The molecular weight excluding hydrogens is 348 g/mol. The second kappa shape index (κ2) is 6.71. The van der Waals surface area contributed by atoms with Crippen LogP contribution in [-0.4, -0.2) is 24.9 Å². The lowest BCUT2D eigenvalue weighted by Gasteiger charge is -2.36. The molecule has 0 saturated heterocycles. The smallest absolute Gasteiger partial charge is 0.135 e. The topological polar surface area (TPSA) is 34.1 Å². The van der Waals surface area contributed by atoms with Crippen molar-refractivity contribution >= 4 is 5.71 Å². The number of nitrogens with zero attached hydrogens (tertiary/aromatic N) is 2. The summed E-state index contributed by atoms with van der Waals surface area (Å²) in [6.07, 6.45) is -0.0908. The van der Waals surface area contributed by atoms with Crippen LogP contribution in [-0.2, 0) is 0 Å². The first-order valence-electron chi connectivity index (χ1n) is 9.52. The molecule has 3 aromatic carbocycles. The Morgan fingerprint density at radius 3 is 2.32 bits per heavy atom. The van der Waals surface area contributed by atoms with Gasteiger partial charge in [-0.1, -0.05) is 54.6 Å². The van der Waals surface area contributed by atoms with Gasteiger partial charge in [-0.2, -0.15) is 5.10 Å². The highest BCUT2D eigenvalue weighted by Gasteiger charge is 2.47. The molecule has 0 bridgehead atoms. The molecule has 28 heavy (non-hydrogen) atoms. The molecule has 0 aliphatic carbocycles. The van der Waals surface area contributed by atoms with Crippen molar-refractivity contribution in [3.8, 4) is 11.5 Å². The minimum absolute atomic E-state index is 0.0908. The number of methoxy groups -OCH3 is 1. The van der Waals surface area contributed by atoms with Gasteiger partial charge in [0.25, 0.3) is 0 Å². The first kappa shape index (κ1) is 16.9. The largest absolute Gasteiger partial charge is 0.497 e. The molecule has 3 atom stereocenters. The zero-order valence-corrected chi connectivity index (χ0v) is 15.9. The minimum Gasteiger partial charge on any atom is -0.497 e.